The Balaban J connectivity index is 2.10. The maximum absolute atomic E-state index is 13.4. The molecular weight excluding hydrogens is 465 g/mol. The molecule has 10 heteroatoms. The monoisotopic (exact) mass is 501 g/mol. The zero-order valence-electron chi connectivity index (χ0n) is 21.8. The molecule has 1 fully saturated rings. The highest BCUT2D eigenvalue weighted by atomic mass is 16.8. The van der Waals surface area contributed by atoms with Gasteiger partial charge in [-0.05, 0) is 45.9 Å². The van der Waals surface area contributed by atoms with Crippen molar-refractivity contribution in [3.8, 4) is 5.75 Å². The molecule has 1 N–H and O–H groups in total. The first kappa shape index (κ1) is 27.9. The maximum Gasteiger partial charge on any atom is 0.342 e. The number of aliphatic hydroxyl groups excluding tert-OH is 1. The highest BCUT2D eigenvalue weighted by Gasteiger charge is 2.43. The van der Waals surface area contributed by atoms with Crippen LogP contribution in [0.1, 0.15) is 50.0 Å². The number of cyclic esters (lactones) is 1. The van der Waals surface area contributed by atoms with Crippen LogP contribution in [-0.4, -0.2) is 75.8 Å². The normalized spacial score (nSPS) is 29.6. The van der Waals surface area contributed by atoms with E-state index in [0.29, 0.717) is 17.7 Å². The van der Waals surface area contributed by atoms with Crippen molar-refractivity contribution in [3.63, 3.8) is 0 Å². The van der Waals surface area contributed by atoms with E-state index in [1.807, 2.05) is 32.9 Å². The van der Waals surface area contributed by atoms with Crippen LogP contribution in [-0.2, 0) is 23.7 Å². The molecule has 2 unspecified atom stereocenters. The van der Waals surface area contributed by atoms with Gasteiger partial charge in [0, 0.05) is 24.8 Å². The first-order valence-electron chi connectivity index (χ1n) is 12.1. The van der Waals surface area contributed by atoms with Crippen LogP contribution in [0.2, 0.25) is 0 Å². The van der Waals surface area contributed by atoms with Gasteiger partial charge in [-0.3, -0.25) is 0 Å². The van der Waals surface area contributed by atoms with Gasteiger partial charge in [-0.2, -0.15) is 0 Å². The average Bonchev–Trinajstić information content (AvgIpc) is 3.14. The zero-order valence-corrected chi connectivity index (χ0v) is 21.8. The van der Waals surface area contributed by atoms with E-state index in [-0.39, 0.29) is 31.4 Å². The lowest BCUT2D eigenvalue weighted by molar-refractivity contribution is -0.152. The summed E-state index contributed by atoms with van der Waals surface area (Å²) >= 11 is 0. The molecule has 196 valence electrons. The Morgan fingerprint density at radius 1 is 1.25 bits per heavy atom. The molecule has 0 aromatic heterocycles. The Labute approximate surface area is 213 Å². The van der Waals surface area contributed by atoms with Crippen molar-refractivity contribution in [2.45, 2.75) is 64.3 Å². The van der Waals surface area contributed by atoms with Crippen molar-refractivity contribution in [1.82, 2.24) is 0 Å². The van der Waals surface area contributed by atoms with Gasteiger partial charge in [0.15, 0.2) is 12.6 Å². The lowest BCUT2D eigenvalue weighted by atomic mass is 9.93. The lowest BCUT2D eigenvalue weighted by Gasteiger charge is -2.24. The molecule has 1 saturated heterocycles. The van der Waals surface area contributed by atoms with Gasteiger partial charge < -0.3 is 38.4 Å². The molecule has 5 atom stereocenters. The summed E-state index contributed by atoms with van der Waals surface area (Å²) in [5.74, 6) is -1.28. The van der Waals surface area contributed by atoms with Crippen molar-refractivity contribution in [1.29, 1.82) is 0 Å². The van der Waals surface area contributed by atoms with E-state index in [1.165, 1.54) is 7.11 Å². The van der Waals surface area contributed by atoms with E-state index in [0.717, 1.165) is 6.19 Å². The summed E-state index contributed by atoms with van der Waals surface area (Å²) in [5, 5.41) is 10.8. The number of aliphatic hydroxyl groups is 1. The molecular formula is C26H36BNO8. The molecule has 1 aromatic carbocycles. The zero-order chi connectivity index (χ0) is 26.5. The Bertz CT molecular complexity index is 994. The number of methoxy groups -OCH3 is 1. The molecule has 9 nitrogen and oxygen atoms in total. The summed E-state index contributed by atoms with van der Waals surface area (Å²) in [6, 6.07) is 3.49. The van der Waals surface area contributed by atoms with Gasteiger partial charge in [0.05, 0.1) is 6.10 Å². The van der Waals surface area contributed by atoms with Crippen LogP contribution in [0.4, 0.5) is 5.69 Å². The van der Waals surface area contributed by atoms with Crippen molar-refractivity contribution >= 4 is 31.3 Å². The predicted molar refractivity (Wildman–Crippen MR) is 138 cm³/mol. The number of carbonyl (C=O) groups excluding carboxylic acids is 2. The molecule has 0 spiro atoms. The van der Waals surface area contributed by atoms with E-state index in [4.69, 9.17) is 23.7 Å². The van der Waals surface area contributed by atoms with Crippen molar-refractivity contribution < 1.29 is 38.4 Å². The van der Waals surface area contributed by atoms with Gasteiger partial charge in [0.25, 0.3) is 0 Å². The summed E-state index contributed by atoms with van der Waals surface area (Å²) < 4.78 is 28.7. The summed E-state index contributed by atoms with van der Waals surface area (Å²) in [5.41, 5.74) is 1.50. The average molecular weight is 501 g/mol. The fourth-order valence-corrected chi connectivity index (χ4v) is 4.20. The number of anilines is 1. The topological polar surface area (TPSA) is 104 Å². The van der Waals surface area contributed by atoms with Crippen LogP contribution >= 0.6 is 0 Å². The molecule has 0 aliphatic carbocycles. The van der Waals surface area contributed by atoms with E-state index in [9.17, 15) is 14.7 Å². The second-order valence-corrected chi connectivity index (χ2v) is 9.63. The molecule has 1 aromatic rings. The Hall–Kier alpha value is -2.66. The van der Waals surface area contributed by atoms with Gasteiger partial charge in [0.1, 0.15) is 35.8 Å². The van der Waals surface area contributed by atoms with Crippen LogP contribution in [0.25, 0.3) is 6.08 Å². The standard InChI is InChI=1S/C26H36BNO8/c1-16-10-11-20(30)24-21(35-26(3,4)36-24)9-7-8-18-12-19(28(5)27-14-29)13-22(33-15-32-6)23(18)25(31)34-17(16)2/h7-8,10-14,16-17,20-21,24,27,30H,9,15H2,1-6H3/b8-7+,11-10-/t16-,17+,20?,21+,24?/m1/s1. The van der Waals surface area contributed by atoms with Gasteiger partial charge in [-0.25, -0.2) is 4.79 Å². The van der Waals surface area contributed by atoms with Crippen LogP contribution in [0.5, 0.6) is 5.75 Å². The highest BCUT2D eigenvalue weighted by molar-refractivity contribution is 6.70. The minimum atomic E-state index is -0.886. The first-order chi connectivity index (χ1) is 17.1. The van der Waals surface area contributed by atoms with Crippen LogP contribution in [0.15, 0.2) is 30.4 Å². The second kappa shape index (κ2) is 12.1. The third-order valence-electron chi connectivity index (χ3n) is 6.31. The van der Waals surface area contributed by atoms with Crippen molar-refractivity contribution in [2.75, 3.05) is 25.8 Å². The van der Waals surface area contributed by atoms with Gasteiger partial charge in [-0.15, -0.1) is 0 Å². The molecule has 0 saturated carbocycles. The number of nitrogens with zero attached hydrogens (tertiary/aromatic N) is 1. The van der Waals surface area contributed by atoms with Gasteiger partial charge in [-0.1, -0.05) is 31.2 Å². The molecule has 0 radical (unpaired) electrons. The molecule has 0 amide bonds. The summed E-state index contributed by atoms with van der Waals surface area (Å²) in [4.78, 5) is 26.3. The minimum absolute atomic E-state index is 0.0686. The number of esters is 1. The highest BCUT2D eigenvalue weighted by Crippen LogP contribution is 2.35. The Kier molecular flexibility index (Phi) is 9.35. The smallest absolute Gasteiger partial charge is 0.342 e. The molecule has 0 bridgehead atoms. The predicted octanol–water partition coefficient (Wildman–Crippen LogP) is 2.68. The van der Waals surface area contributed by atoms with E-state index in [2.05, 4.69) is 0 Å². The van der Waals surface area contributed by atoms with Crippen LogP contribution in [0, 0.1) is 5.92 Å². The SMILES string of the molecule is COCOc1cc(N(C)BC=O)cc2c1C(=O)O[C@@H](C)[C@H](C)/C=C\C(O)C1OC(C)(C)O[C@H]1C/C=C/2. The number of fused-ring (bicyclic) bond motifs is 2. The summed E-state index contributed by atoms with van der Waals surface area (Å²) in [6.07, 6.45) is 6.06. The second-order valence-electron chi connectivity index (χ2n) is 9.63. The minimum Gasteiger partial charge on any atom is -0.467 e. The van der Waals surface area contributed by atoms with Crippen molar-refractivity contribution in [3.05, 3.63) is 41.5 Å². The molecule has 36 heavy (non-hydrogen) atoms. The number of benzene rings is 1. The third kappa shape index (κ3) is 6.76. The van der Waals surface area contributed by atoms with Gasteiger partial charge in [0.2, 0.25) is 0 Å². The molecule has 2 aliphatic heterocycles. The number of rotatable bonds is 6. The fraction of sp³-hybridized carbons (Fsp3) is 0.538. The molecule has 2 heterocycles. The molecule has 2 aliphatic rings. The summed E-state index contributed by atoms with van der Waals surface area (Å²) in [6.45, 7) is 7.26. The van der Waals surface area contributed by atoms with Crippen LogP contribution < -0.4 is 9.55 Å². The van der Waals surface area contributed by atoms with E-state index >= 15 is 0 Å². The quantitative estimate of drug-likeness (QED) is 0.207. The number of hydrogen-bond acceptors (Lipinski definition) is 9. The fourth-order valence-electron chi connectivity index (χ4n) is 4.20. The van der Waals surface area contributed by atoms with Crippen molar-refractivity contribution in [2.24, 2.45) is 5.92 Å². The lowest BCUT2D eigenvalue weighted by Crippen LogP contribution is -2.34. The van der Waals surface area contributed by atoms with Crippen LogP contribution in [0.3, 0.4) is 0 Å². The molecule has 3 rings (SSSR count). The maximum atomic E-state index is 13.4. The number of hydrogen-bond donors (Lipinski definition) is 1. The number of carbonyl (C=O) groups is 2. The van der Waals surface area contributed by atoms with E-state index in [1.54, 1.807) is 43.1 Å². The first-order valence-corrected chi connectivity index (χ1v) is 12.1. The Morgan fingerprint density at radius 2 is 2.00 bits per heavy atom. The summed E-state index contributed by atoms with van der Waals surface area (Å²) in [7, 11) is 3.43. The Morgan fingerprint density at radius 3 is 2.69 bits per heavy atom. The van der Waals surface area contributed by atoms with E-state index < -0.39 is 36.2 Å². The number of ether oxygens (including phenoxy) is 5. The van der Waals surface area contributed by atoms with Gasteiger partial charge >= 0.3 is 13.4 Å². The largest absolute Gasteiger partial charge is 0.467 e. The third-order valence-corrected chi connectivity index (χ3v) is 6.31.